The zero-order chi connectivity index (χ0) is 17.2. The number of hydrogen-bond acceptors (Lipinski definition) is 5. The molecule has 0 saturated carbocycles. The minimum absolute atomic E-state index is 1.03. The molecule has 5 heteroatoms. The van der Waals surface area contributed by atoms with Gasteiger partial charge in [0.2, 0.25) is 0 Å². The minimum atomic E-state index is 1.03. The number of anilines is 2. The van der Waals surface area contributed by atoms with Gasteiger partial charge in [-0.3, -0.25) is 4.98 Å². The quantitative estimate of drug-likeness (QED) is 0.415. The molecule has 0 atom stereocenters. The van der Waals surface area contributed by atoms with Crippen molar-refractivity contribution in [2.75, 3.05) is 11.1 Å². The highest BCUT2D eigenvalue weighted by molar-refractivity contribution is 7.99. The maximum atomic E-state index is 4.55. The van der Waals surface area contributed by atoms with Gasteiger partial charge in [-0.15, -0.1) is 23.1 Å². The second kappa shape index (κ2) is 7.02. The van der Waals surface area contributed by atoms with Gasteiger partial charge in [0.15, 0.2) is 0 Å². The zero-order valence-electron chi connectivity index (χ0n) is 14.2. The zero-order valence-corrected chi connectivity index (χ0v) is 15.9. The highest BCUT2D eigenvalue weighted by Gasteiger charge is 2.08. The summed E-state index contributed by atoms with van der Waals surface area (Å²) < 4.78 is 1.21. The number of rotatable bonds is 5. The molecule has 0 aliphatic heterocycles. The van der Waals surface area contributed by atoms with Crippen molar-refractivity contribution in [2.24, 2.45) is 0 Å². The summed E-state index contributed by atoms with van der Waals surface area (Å²) in [6.07, 6.45) is 3.04. The van der Waals surface area contributed by atoms with E-state index in [1.54, 1.807) is 11.3 Å². The van der Waals surface area contributed by atoms with Crippen molar-refractivity contribution in [3.63, 3.8) is 0 Å². The average Bonchev–Trinajstić information content (AvgIpc) is 3.08. The van der Waals surface area contributed by atoms with Crippen LogP contribution < -0.4 is 5.32 Å². The van der Waals surface area contributed by atoms with Crippen molar-refractivity contribution >= 4 is 55.6 Å². The summed E-state index contributed by atoms with van der Waals surface area (Å²) in [5, 5.41) is 4.70. The number of thiazole rings is 1. The van der Waals surface area contributed by atoms with E-state index in [0.717, 1.165) is 33.5 Å². The Bertz CT molecular complexity index is 1040. The van der Waals surface area contributed by atoms with Crippen LogP contribution in [0, 0.1) is 6.92 Å². The molecular weight excluding hydrogens is 346 g/mol. The summed E-state index contributed by atoms with van der Waals surface area (Å²) in [6, 6.07) is 12.8. The number of aromatic nitrogens is 2. The summed E-state index contributed by atoms with van der Waals surface area (Å²) in [4.78, 5) is 10.3. The molecule has 4 aromatic rings. The fourth-order valence-electron chi connectivity index (χ4n) is 2.84. The topological polar surface area (TPSA) is 37.8 Å². The third-order valence-electron chi connectivity index (χ3n) is 4.11. The molecule has 25 heavy (non-hydrogen) atoms. The van der Waals surface area contributed by atoms with Gasteiger partial charge in [0.25, 0.3) is 0 Å². The number of nitrogens with zero attached hydrogens (tertiary/aromatic N) is 2. The van der Waals surface area contributed by atoms with Crippen molar-refractivity contribution in [2.45, 2.75) is 25.2 Å². The lowest BCUT2D eigenvalue weighted by molar-refractivity contribution is 1.10. The maximum Gasteiger partial charge on any atom is 0.0832 e. The second-order valence-corrected chi connectivity index (χ2v) is 8.02. The van der Waals surface area contributed by atoms with E-state index in [4.69, 9.17) is 0 Å². The number of fused-ring (bicyclic) bond motifs is 2. The van der Waals surface area contributed by atoms with Crippen LogP contribution in [0.5, 0.6) is 0 Å². The number of aryl methyl sites for hydroxylation is 1. The van der Waals surface area contributed by atoms with Gasteiger partial charge in [-0.1, -0.05) is 6.92 Å². The first-order valence-electron chi connectivity index (χ1n) is 8.37. The molecule has 2 heterocycles. The van der Waals surface area contributed by atoms with Crippen molar-refractivity contribution in [1.82, 2.24) is 9.97 Å². The Kier molecular flexibility index (Phi) is 4.59. The van der Waals surface area contributed by atoms with Crippen LogP contribution in [0.4, 0.5) is 11.4 Å². The first kappa shape index (κ1) is 16.4. The Morgan fingerprint density at radius 1 is 1.08 bits per heavy atom. The minimum Gasteiger partial charge on any atom is -0.355 e. The Labute approximate surface area is 155 Å². The normalized spacial score (nSPS) is 11.3. The van der Waals surface area contributed by atoms with E-state index in [1.807, 2.05) is 29.5 Å². The molecule has 2 aromatic heterocycles. The van der Waals surface area contributed by atoms with E-state index in [1.165, 1.54) is 21.6 Å². The second-order valence-electron chi connectivity index (χ2n) is 6.00. The van der Waals surface area contributed by atoms with Crippen LogP contribution in [0.2, 0.25) is 0 Å². The van der Waals surface area contributed by atoms with Crippen LogP contribution in [-0.4, -0.2) is 15.7 Å². The molecule has 0 aliphatic carbocycles. The van der Waals surface area contributed by atoms with E-state index in [0.29, 0.717) is 0 Å². The molecule has 3 nitrogen and oxygen atoms in total. The maximum absolute atomic E-state index is 4.55. The average molecular weight is 366 g/mol. The fraction of sp³-hybridized carbons (Fsp3) is 0.200. The van der Waals surface area contributed by atoms with E-state index in [9.17, 15) is 0 Å². The molecule has 0 aliphatic rings. The van der Waals surface area contributed by atoms with Crippen LogP contribution in [0.25, 0.3) is 21.1 Å². The standard InChI is InChI=1S/C20H19N3S2/c1-3-8-24-20-11-15-16(6-7-21-17(15)9-13(20)2)23-14-4-5-19-18(10-14)22-12-25-19/h4-7,9-12H,3,8H2,1-2H3,(H,21,23). The lowest BCUT2D eigenvalue weighted by Crippen LogP contribution is -1.94. The Balaban J connectivity index is 1.74. The monoisotopic (exact) mass is 365 g/mol. The van der Waals surface area contributed by atoms with Crippen molar-refractivity contribution in [1.29, 1.82) is 0 Å². The molecule has 0 fully saturated rings. The molecule has 0 spiro atoms. The highest BCUT2D eigenvalue weighted by Crippen LogP contribution is 2.33. The van der Waals surface area contributed by atoms with E-state index in [-0.39, 0.29) is 0 Å². The molecule has 4 rings (SSSR count). The van der Waals surface area contributed by atoms with Crippen molar-refractivity contribution < 1.29 is 0 Å². The Hall–Kier alpha value is -2.11. The SMILES string of the molecule is CCCSc1cc2c(Nc3ccc4scnc4c3)ccnc2cc1C. The first-order valence-corrected chi connectivity index (χ1v) is 10.2. The van der Waals surface area contributed by atoms with Crippen LogP contribution >= 0.6 is 23.1 Å². The van der Waals surface area contributed by atoms with E-state index < -0.39 is 0 Å². The van der Waals surface area contributed by atoms with Crippen molar-refractivity contribution in [3.8, 4) is 0 Å². The van der Waals surface area contributed by atoms with Crippen LogP contribution in [0.15, 0.2) is 53.0 Å². The number of benzene rings is 2. The third kappa shape index (κ3) is 3.34. The van der Waals surface area contributed by atoms with Crippen LogP contribution in [0.1, 0.15) is 18.9 Å². The molecule has 2 aromatic carbocycles. The van der Waals surface area contributed by atoms with Gasteiger partial charge in [-0.05, 0) is 61.1 Å². The summed E-state index contributed by atoms with van der Waals surface area (Å²) >= 11 is 3.58. The Morgan fingerprint density at radius 2 is 2.00 bits per heavy atom. The van der Waals surface area contributed by atoms with Gasteiger partial charge in [0, 0.05) is 27.9 Å². The van der Waals surface area contributed by atoms with Gasteiger partial charge < -0.3 is 5.32 Å². The summed E-state index contributed by atoms with van der Waals surface area (Å²) in [5.74, 6) is 1.13. The third-order valence-corrected chi connectivity index (χ3v) is 6.28. The summed E-state index contributed by atoms with van der Waals surface area (Å²) in [6.45, 7) is 4.38. The number of thioether (sulfide) groups is 1. The molecular formula is C20H19N3S2. The van der Waals surface area contributed by atoms with Crippen LogP contribution in [-0.2, 0) is 0 Å². The number of pyridine rings is 1. The molecule has 0 amide bonds. The van der Waals surface area contributed by atoms with E-state index in [2.05, 4.69) is 59.5 Å². The summed E-state index contributed by atoms with van der Waals surface area (Å²) in [5.41, 5.74) is 7.36. The molecule has 1 N–H and O–H groups in total. The van der Waals surface area contributed by atoms with Gasteiger partial charge in [0.05, 0.1) is 21.2 Å². The molecule has 0 saturated heterocycles. The lowest BCUT2D eigenvalue weighted by Gasteiger charge is -2.12. The fourth-order valence-corrected chi connectivity index (χ4v) is 4.42. The van der Waals surface area contributed by atoms with Gasteiger partial charge in [-0.25, -0.2) is 4.98 Å². The largest absolute Gasteiger partial charge is 0.355 e. The molecule has 126 valence electrons. The highest BCUT2D eigenvalue weighted by atomic mass is 32.2. The number of hydrogen-bond donors (Lipinski definition) is 1. The summed E-state index contributed by atoms with van der Waals surface area (Å²) in [7, 11) is 0. The molecule has 0 radical (unpaired) electrons. The van der Waals surface area contributed by atoms with E-state index >= 15 is 0 Å². The van der Waals surface area contributed by atoms with Gasteiger partial charge in [0.1, 0.15) is 0 Å². The number of nitrogens with one attached hydrogen (secondary N) is 1. The van der Waals surface area contributed by atoms with Gasteiger partial charge in [-0.2, -0.15) is 0 Å². The Morgan fingerprint density at radius 3 is 2.88 bits per heavy atom. The molecule has 0 bridgehead atoms. The van der Waals surface area contributed by atoms with Crippen molar-refractivity contribution in [3.05, 3.63) is 53.7 Å². The molecule has 0 unspecified atom stereocenters. The van der Waals surface area contributed by atoms with Gasteiger partial charge >= 0.3 is 0 Å². The predicted molar refractivity (Wildman–Crippen MR) is 110 cm³/mol. The smallest absolute Gasteiger partial charge is 0.0832 e. The lowest BCUT2D eigenvalue weighted by atomic mass is 10.1. The van der Waals surface area contributed by atoms with Crippen LogP contribution in [0.3, 0.4) is 0 Å². The first-order chi connectivity index (χ1) is 12.2. The predicted octanol–water partition coefficient (Wildman–Crippen LogP) is 6.40.